The minimum atomic E-state index is -0.0672. The fourth-order valence-electron chi connectivity index (χ4n) is 3.50. The average molecular weight is 497 g/mol. The number of carbonyl (C=O) groups is 1. The third kappa shape index (κ3) is 2.97. The van der Waals surface area contributed by atoms with Crippen LogP contribution in [0.3, 0.4) is 0 Å². The number of amides is 1. The van der Waals surface area contributed by atoms with Gasteiger partial charge in [0.25, 0.3) is 5.91 Å². The highest BCUT2D eigenvalue weighted by Crippen LogP contribution is 2.35. The Kier molecular flexibility index (Phi) is 4.75. The van der Waals surface area contributed by atoms with Gasteiger partial charge < -0.3 is 9.30 Å². The summed E-state index contributed by atoms with van der Waals surface area (Å²) in [6.45, 7) is 5.82. The number of hydrogen-bond acceptors (Lipinski definition) is 5. The Bertz CT molecular complexity index is 955. The summed E-state index contributed by atoms with van der Waals surface area (Å²) < 4.78 is 8.71. The second-order valence-corrected chi connectivity index (χ2v) is 8.11. The zero-order valence-electron chi connectivity index (χ0n) is 15.2. The minimum absolute atomic E-state index is 0.0672. The Morgan fingerprint density at radius 1 is 1.33 bits per heavy atom. The van der Waals surface area contributed by atoms with E-state index in [1.54, 1.807) is 12.0 Å². The summed E-state index contributed by atoms with van der Waals surface area (Å²) in [5, 5.41) is 0. The van der Waals surface area contributed by atoms with Crippen LogP contribution in [0.2, 0.25) is 0 Å². The quantitative estimate of drug-likeness (QED) is 0.649. The number of halogens is 2. The van der Waals surface area contributed by atoms with Crippen molar-refractivity contribution in [2.75, 3.05) is 25.1 Å². The first-order chi connectivity index (χ1) is 12.9. The van der Waals surface area contributed by atoms with E-state index in [4.69, 9.17) is 4.74 Å². The second kappa shape index (κ2) is 6.94. The topological polar surface area (TPSA) is 63.0 Å². The van der Waals surface area contributed by atoms with Crippen molar-refractivity contribution < 1.29 is 9.53 Å². The third-order valence-electron chi connectivity index (χ3n) is 4.74. The van der Waals surface area contributed by atoms with Gasteiger partial charge in [0.05, 0.1) is 24.2 Å². The molecule has 0 aliphatic carbocycles. The maximum Gasteiger partial charge on any atom is 0.281 e. The van der Waals surface area contributed by atoms with E-state index in [9.17, 15) is 4.79 Å². The Morgan fingerprint density at radius 2 is 2.11 bits per heavy atom. The van der Waals surface area contributed by atoms with Crippen molar-refractivity contribution in [3.05, 3.63) is 38.7 Å². The molecule has 0 fully saturated rings. The van der Waals surface area contributed by atoms with Crippen molar-refractivity contribution in [1.82, 2.24) is 14.5 Å². The van der Waals surface area contributed by atoms with Crippen LogP contribution in [-0.4, -0.2) is 52.6 Å². The van der Waals surface area contributed by atoms with Crippen molar-refractivity contribution in [2.24, 2.45) is 4.99 Å². The molecule has 1 amide bonds. The van der Waals surface area contributed by atoms with Crippen LogP contribution in [0.4, 0.5) is 5.82 Å². The number of aliphatic imine (C=N–C) groups is 1. The number of benzene rings is 1. The first-order valence-electron chi connectivity index (χ1n) is 8.70. The van der Waals surface area contributed by atoms with Gasteiger partial charge in [-0.15, -0.1) is 0 Å². The number of anilines is 1. The van der Waals surface area contributed by atoms with Gasteiger partial charge in [0.1, 0.15) is 5.75 Å². The molecule has 0 radical (unpaired) electrons. The maximum absolute atomic E-state index is 13.2. The van der Waals surface area contributed by atoms with Gasteiger partial charge in [-0.05, 0) is 63.4 Å². The molecule has 0 bridgehead atoms. The summed E-state index contributed by atoms with van der Waals surface area (Å²) in [4.78, 5) is 26.2. The fraction of sp³-hybridized carbons (Fsp3) is 0.389. The highest BCUT2D eigenvalue weighted by Gasteiger charge is 2.42. The highest BCUT2D eigenvalue weighted by atomic mass is 79.9. The van der Waals surface area contributed by atoms with Gasteiger partial charge >= 0.3 is 0 Å². The Hall–Kier alpha value is -1.87. The first-order valence-corrected chi connectivity index (χ1v) is 10.3. The van der Waals surface area contributed by atoms with E-state index in [2.05, 4.69) is 41.8 Å². The maximum atomic E-state index is 13.2. The van der Waals surface area contributed by atoms with Gasteiger partial charge in [-0.25, -0.2) is 9.98 Å². The SMILES string of the molecule is CCN1C(=O)c2c(nc(Br)n2Cc2ccc(OC)c(Br)c2)N2C[C@@H](C)N=C12. The van der Waals surface area contributed by atoms with E-state index in [1.807, 2.05) is 41.5 Å². The van der Waals surface area contributed by atoms with E-state index < -0.39 is 0 Å². The number of guanidine groups is 1. The number of fused-ring (bicyclic) bond motifs is 3. The van der Waals surface area contributed by atoms with Crippen molar-refractivity contribution in [1.29, 1.82) is 0 Å². The smallest absolute Gasteiger partial charge is 0.281 e. The lowest BCUT2D eigenvalue weighted by Gasteiger charge is -2.32. The molecule has 0 spiro atoms. The number of hydrogen-bond donors (Lipinski definition) is 0. The number of ether oxygens (including phenoxy) is 1. The molecule has 1 aromatic heterocycles. The number of methoxy groups -OCH3 is 1. The minimum Gasteiger partial charge on any atom is -0.496 e. The van der Waals surface area contributed by atoms with Crippen LogP contribution in [0, 0.1) is 0 Å². The molecule has 142 valence electrons. The summed E-state index contributed by atoms with van der Waals surface area (Å²) >= 11 is 7.06. The van der Waals surface area contributed by atoms with Crippen molar-refractivity contribution in [3.8, 4) is 5.75 Å². The molecule has 0 saturated carbocycles. The molecule has 9 heteroatoms. The molecule has 2 aliphatic heterocycles. The van der Waals surface area contributed by atoms with Gasteiger partial charge in [-0.1, -0.05) is 6.07 Å². The van der Waals surface area contributed by atoms with Crippen LogP contribution >= 0.6 is 31.9 Å². The first kappa shape index (κ1) is 18.5. The van der Waals surface area contributed by atoms with Gasteiger partial charge in [0.2, 0.25) is 5.96 Å². The summed E-state index contributed by atoms with van der Waals surface area (Å²) in [5.74, 6) is 2.08. The molecular formula is C18H19Br2N5O2. The zero-order chi connectivity index (χ0) is 19.3. The standard InChI is InChI=1S/C18H19Br2N5O2/c1-4-23-16(26)14-15(25-8-10(2)21-18(23)25)22-17(20)24(14)9-11-5-6-13(27-3)12(19)7-11/h5-7,10H,4,8-9H2,1-3H3/t10-/m1/s1. The molecule has 0 unspecified atom stereocenters. The predicted molar refractivity (Wildman–Crippen MR) is 111 cm³/mol. The Labute approximate surface area is 174 Å². The van der Waals surface area contributed by atoms with Crippen LogP contribution in [0.5, 0.6) is 5.75 Å². The van der Waals surface area contributed by atoms with Crippen molar-refractivity contribution in [3.63, 3.8) is 0 Å². The average Bonchev–Trinajstić information content (AvgIpc) is 3.16. The molecule has 2 aromatic rings. The monoisotopic (exact) mass is 495 g/mol. The molecular weight excluding hydrogens is 478 g/mol. The predicted octanol–water partition coefficient (Wildman–Crippen LogP) is 3.51. The second-order valence-electron chi connectivity index (χ2n) is 6.55. The normalized spacial score (nSPS) is 18.5. The number of nitrogens with zero attached hydrogens (tertiary/aromatic N) is 5. The zero-order valence-corrected chi connectivity index (χ0v) is 18.4. The molecule has 4 rings (SSSR count). The molecule has 2 aliphatic rings. The lowest BCUT2D eigenvalue weighted by molar-refractivity contribution is 0.0836. The van der Waals surface area contributed by atoms with Crippen molar-refractivity contribution >= 4 is 49.5 Å². The summed E-state index contributed by atoms with van der Waals surface area (Å²) in [7, 11) is 1.64. The Morgan fingerprint density at radius 3 is 2.78 bits per heavy atom. The van der Waals surface area contributed by atoms with Gasteiger partial charge in [-0.3, -0.25) is 14.6 Å². The fourth-order valence-corrected chi connectivity index (χ4v) is 4.56. The van der Waals surface area contributed by atoms with Crippen molar-refractivity contribution in [2.45, 2.75) is 26.4 Å². The summed E-state index contributed by atoms with van der Waals surface area (Å²) in [5.41, 5.74) is 1.62. The number of carbonyl (C=O) groups excluding carboxylic acids is 1. The van der Waals surface area contributed by atoms with Gasteiger partial charge in [0.15, 0.2) is 16.2 Å². The number of aromatic nitrogens is 2. The van der Waals surface area contributed by atoms with E-state index in [0.717, 1.165) is 22.3 Å². The van der Waals surface area contributed by atoms with E-state index in [1.165, 1.54) is 0 Å². The molecule has 27 heavy (non-hydrogen) atoms. The molecule has 1 aromatic carbocycles. The molecule has 0 N–H and O–H groups in total. The molecule has 7 nitrogen and oxygen atoms in total. The number of imidazole rings is 1. The molecule has 1 atom stereocenters. The molecule has 0 saturated heterocycles. The van der Waals surface area contributed by atoms with Crippen LogP contribution < -0.4 is 9.64 Å². The number of rotatable bonds is 4. The lowest BCUT2D eigenvalue weighted by atomic mass is 10.2. The van der Waals surface area contributed by atoms with E-state index in [0.29, 0.717) is 35.3 Å². The third-order valence-corrected chi connectivity index (χ3v) is 5.97. The largest absolute Gasteiger partial charge is 0.496 e. The van der Waals surface area contributed by atoms with E-state index in [-0.39, 0.29) is 11.9 Å². The summed E-state index contributed by atoms with van der Waals surface area (Å²) in [6, 6.07) is 6.02. The van der Waals surface area contributed by atoms with Crippen LogP contribution in [-0.2, 0) is 6.54 Å². The van der Waals surface area contributed by atoms with Gasteiger partial charge in [-0.2, -0.15) is 0 Å². The van der Waals surface area contributed by atoms with Crippen LogP contribution in [0.15, 0.2) is 32.4 Å². The van der Waals surface area contributed by atoms with Crippen LogP contribution in [0.1, 0.15) is 29.9 Å². The summed E-state index contributed by atoms with van der Waals surface area (Å²) in [6.07, 6.45) is 0. The van der Waals surface area contributed by atoms with Gasteiger partial charge in [0, 0.05) is 13.1 Å². The van der Waals surface area contributed by atoms with Crippen LogP contribution in [0.25, 0.3) is 0 Å². The molecule has 3 heterocycles. The Balaban J connectivity index is 1.77. The highest BCUT2D eigenvalue weighted by molar-refractivity contribution is 9.10. The van der Waals surface area contributed by atoms with E-state index >= 15 is 0 Å². The lowest BCUT2D eigenvalue weighted by Crippen LogP contribution is -2.50.